The van der Waals surface area contributed by atoms with Gasteiger partial charge in [0.05, 0.1) is 23.0 Å². The maximum atomic E-state index is 11.4. The van der Waals surface area contributed by atoms with E-state index in [0.29, 0.717) is 84.8 Å². The lowest BCUT2D eigenvalue weighted by molar-refractivity contribution is -0.148. The molecule has 0 aromatic heterocycles. The Hall–Kier alpha value is -3.04. The van der Waals surface area contributed by atoms with Gasteiger partial charge >= 0.3 is 11.9 Å². The molecule has 42 heavy (non-hydrogen) atoms. The lowest BCUT2D eigenvalue weighted by Gasteiger charge is -2.30. The zero-order valence-electron chi connectivity index (χ0n) is 25.1. The van der Waals surface area contributed by atoms with Crippen molar-refractivity contribution in [2.24, 2.45) is 10.8 Å². The van der Waals surface area contributed by atoms with E-state index >= 15 is 0 Å². The maximum Gasteiger partial charge on any atom is 0.309 e. The predicted octanol–water partition coefficient (Wildman–Crippen LogP) is 5.12. The number of hydrogen-bond donors (Lipinski definition) is 6. The number of aliphatic hydroxyl groups excluding tert-OH is 4. The van der Waals surface area contributed by atoms with Crippen molar-refractivity contribution in [2.45, 2.75) is 103 Å². The summed E-state index contributed by atoms with van der Waals surface area (Å²) in [6, 6.07) is 7.28. The van der Waals surface area contributed by atoms with Gasteiger partial charge in [-0.15, -0.1) is 0 Å². The number of unbranched alkanes of at least 4 members (excludes halogenated alkanes) is 2. The van der Waals surface area contributed by atoms with Crippen LogP contribution in [-0.2, 0) is 9.59 Å². The van der Waals surface area contributed by atoms with E-state index in [1.165, 1.54) is 0 Å². The van der Waals surface area contributed by atoms with Crippen LogP contribution in [0.3, 0.4) is 0 Å². The van der Waals surface area contributed by atoms with Gasteiger partial charge in [0.1, 0.15) is 12.2 Å². The van der Waals surface area contributed by atoms with Crippen LogP contribution in [0.4, 0.5) is 0 Å². The van der Waals surface area contributed by atoms with Gasteiger partial charge in [0.25, 0.3) is 0 Å². The lowest BCUT2D eigenvalue weighted by atomic mass is 9.79. The highest BCUT2D eigenvalue weighted by atomic mass is 16.4. The van der Waals surface area contributed by atoms with Crippen molar-refractivity contribution < 1.29 is 40.2 Å². The van der Waals surface area contributed by atoms with Crippen molar-refractivity contribution in [2.75, 3.05) is 0 Å². The van der Waals surface area contributed by atoms with Crippen molar-refractivity contribution in [1.29, 1.82) is 0 Å². The largest absolute Gasteiger partial charge is 0.481 e. The summed E-state index contributed by atoms with van der Waals surface area (Å²) in [5.74, 6) is -1.69. The van der Waals surface area contributed by atoms with E-state index in [1.54, 1.807) is 52.0 Å². The van der Waals surface area contributed by atoms with Crippen LogP contribution in [0.15, 0.2) is 59.7 Å². The smallest absolute Gasteiger partial charge is 0.309 e. The molecule has 8 heteroatoms. The van der Waals surface area contributed by atoms with Gasteiger partial charge in [0.15, 0.2) is 0 Å². The maximum absolute atomic E-state index is 11.4. The Kier molecular flexibility index (Phi) is 11.1. The van der Waals surface area contributed by atoms with E-state index in [0.717, 1.165) is 0 Å². The Morgan fingerprint density at radius 1 is 0.619 bits per heavy atom. The Morgan fingerprint density at radius 3 is 1.31 bits per heavy atom. The van der Waals surface area contributed by atoms with Crippen molar-refractivity contribution in [3.8, 4) is 0 Å². The summed E-state index contributed by atoms with van der Waals surface area (Å²) >= 11 is 0. The monoisotopic (exact) mass is 582 g/mol. The third-order valence-electron chi connectivity index (χ3n) is 8.50. The van der Waals surface area contributed by atoms with E-state index < -0.39 is 47.2 Å². The molecular weight excluding hydrogens is 536 g/mol. The number of carbonyl (C=O) groups is 2. The topological polar surface area (TPSA) is 156 Å². The predicted molar refractivity (Wildman–Crippen MR) is 162 cm³/mol. The first-order valence-corrected chi connectivity index (χ1v) is 14.8. The quantitative estimate of drug-likeness (QED) is 0.130. The molecule has 6 N–H and O–H groups in total. The normalized spacial score (nSPS) is 23.0. The second-order valence-electron chi connectivity index (χ2n) is 12.9. The van der Waals surface area contributed by atoms with E-state index in [-0.39, 0.29) is 0 Å². The van der Waals surface area contributed by atoms with Gasteiger partial charge < -0.3 is 30.6 Å². The number of hydrogen-bond acceptors (Lipinski definition) is 6. The van der Waals surface area contributed by atoms with Gasteiger partial charge in [-0.1, -0.05) is 49.3 Å². The molecule has 230 valence electrons. The number of rotatable bonds is 14. The van der Waals surface area contributed by atoms with Gasteiger partial charge in [0, 0.05) is 0 Å². The van der Waals surface area contributed by atoms with E-state index in [2.05, 4.69) is 0 Å². The SMILES string of the molecule is CC(C)(CCCCC1=CC(O)C=C(c2ccccc2C2=CC(O)C=C(CCCCC(C)(C)C(=O)O)C2O)C1O)C(=O)O. The molecule has 1 aromatic carbocycles. The standard InChI is InChI=1S/C34H46O8/c1-33(2,31(39)40)15-9-7-11-21-17-23(35)19-27(29(21)37)25-13-5-6-14-26(25)28-20-24(36)18-22(30(28)38)12-8-10-16-34(3,4)32(41)42/h5-6,13-14,17-20,23-24,29-30,35-38H,7-12,15-16H2,1-4H3,(H,39,40)(H,41,42). The van der Waals surface area contributed by atoms with Crippen LogP contribution >= 0.6 is 0 Å². The molecule has 1 aromatic rings. The average Bonchev–Trinajstić information content (AvgIpc) is 2.92. The van der Waals surface area contributed by atoms with Crippen LogP contribution in [0.1, 0.15) is 90.2 Å². The number of carboxylic acid groups (broad SMARTS) is 2. The van der Waals surface area contributed by atoms with Crippen LogP contribution in [-0.4, -0.2) is 67.0 Å². The number of aliphatic hydroxyl groups is 4. The summed E-state index contributed by atoms with van der Waals surface area (Å²) in [5.41, 5.74) is 1.96. The van der Waals surface area contributed by atoms with Crippen molar-refractivity contribution in [3.63, 3.8) is 0 Å². The zero-order chi connectivity index (χ0) is 31.2. The molecule has 8 nitrogen and oxygen atoms in total. The number of benzene rings is 1. The first kappa shape index (κ1) is 33.5. The molecule has 0 aliphatic heterocycles. The second-order valence-corrected chi connectivity index (χ2v) is 12.9. The van der Waals surface area contributed by atoms with Gasteiger partial charge in [-0.3, -0.25) is 9.59 Å². The van der Waals surface area contributed by atoms with Crippen molar-refractivity contribution >= 4 is 23.1 Å². The Labute approximate surface area is 248 Å². The fourth-order valence-electron chi connectivity index (χ4n) is 5.57. The van der Waals surface area contributed by atoms with Gasteiger partial charge in [0.2, 0.25) is 0 Å². The molecule has 0 amide bonds. The molecule has 0 heterocycles. The minimum absolute atomic E-state index is 0.501. The first-order chi connectivity index (χ1) is 19.6. The minimum Gasteiger partial charge on any atom is -0.481 e. The number of carboxylic acids is 2. The van der Waals surface area contributed by atoms with Gasteiger partial charge in [-0.05, 0) is 112 Å². The highest BCUT2D eigenvalue weighted by molar-refractivity contribution is 5.86. The fourth-order valence-corrected chi connectivity index (χ4v) is 5.57. The summed E-state index contributed by atoms with van der Waals surface area (Å²) in [4.78, 5) is 22.8. The average molecular weight is 583 g/mol. The summed E-state index contributed by atoms with van der Waals surface area (Å²) in [6.45, 7) is 6.77. The lowest BCUT2D eigenvalue weighted by Crippen LogP contribution is -2.25. The fraction of sp³-hybridized carbons (Fsp3) is 0.529. The minimum atomic E-state index is -0.985. The molecule has 0 saturated carbocycles. The van der Waals surface area contributed by atoms with E-state index in [9.17, 15) is 40.2 Å². The Morgan fingerprint density at radius 2 is 0.976 bits per heavy atom. The highest BCUT2D eigenvalue weighted by Gasteiger charge is 2.31. The van der Waals surface area contributed by atoms with E-state index in [1.807, 2.05) is 24.3 Å². The van der Waals surface area contributed by atoms with Crippen LogP contribution in [0.5, 0.6) is 0 Å². The molecule has 0 spiro atoms. The third-order valence-corrected chi connectivity index (χ3v) is 8.50. The van der Waals surface area contributed by atoms with Crippen LogP contribution in [0.25, 0.3) is 11.1 Å². The Balaban J connectivity index is 1.74. The summed E-state index contributed by atoms with van der Waals surface area (Å²) in [7, 11) is 0. The zero-order valence-corrected chi connectivity index (χ0v) is 25.1. The van der Waals surface area contributed by atoms with Gasteiger partial charge in [-0.2, -0.15) is 0 Å². The van der Waals surface area contributed by atoms with Crippen LogP contribution in [0, 0.1) is 10.8 Å². The third kappa shape index (κ3) is 8.28. The van der Waals surface area contributed by atoms with Crippen molar-refractivity contribution in [1.82, 2.24) is 0 Å². The number of aliphatic carboxylic acids is 2. The molecule has 3 rings (SSSR count). The van der Waals surface area contributed by atoms with Crippen molar-refractivity contribution in [3.05, 3.63) is 70.8 Å². The van der Waals surface area contributed by atoms with Crippen LogP contribution < -0.4 is 0 Å². The summed E-state index contributed by atoms with van der Waals surface area (Å²) in [5, 5.41) is 62.7. The molecule has 4 unspecified atom stereocenters. The molecular formula is C34H46O8. The Bertz CT molecular complexity index is 1170. The molecule has 2 aliphatic carbocycles. The summed E-state index contributed by atoms with van der Waals surface area (Å²) in [6.07, 6.45) is 7.30. The van der Waals surface area contributed by atoms with Crippen LogP contribution in [0.2, 0.25) is 0 Å². The van der Waals surface area contributed by atoms with E-state index in [4.69, 9.17) is 0 Å². The molecule has 0 radical (unpaired) electrons. The highest BCUT2D eigenvalue weighted by Crippen LogP contribution is 2.39. The molecule has 2 aliphatic rings. The molecule has 0 fully saturated rings. The molecule has 4 atom stereocenters. The molecule has 0 bridgehead atoms. The second kappa shape index (κ2) is 14.0. The van der Waals surface area contributed by atoms with Gasteiger partial charge in [-0.25, -0.2) is 0 Å². The first-order valence-electron chi connectivity index (χ1n) is 14.8. The summed E-state index contributed by atoms with van der Waals surface area (Å²) < 4.78 is 0. The molecule has 0 saturated heterocycles.